The van der Waals surface area contributed by atoms with E-state index in [-0.39, 0.29) is 5.97 Å². The Balaban J connectivity index is 2.14. The molecule has 1 aromatic heterocycles. The molecular weight excluding hydrogens is 264 g/mol. The normalized spacial score (nSPS) is 10.6. The summed E-state index contributed by atoms with van der Waals surface area (Å²) < 4.78 is 10.1. The third kappa shape index (κ3) is 6.66. The summed E-state index contributed by atoms with van der Waals surface area (Å²) >= 11 is 1.50. The van der Waals surface area contributed by atoms with Crippen molar-refractivity contribution in [1.29, 1.82) is 0 Å². The maximum absolute atomic E-state index is 11.4. The number of aromatic nitrogens is 1. The predicted molar refractivity (Wildman–Crippen MR) is 75.8 cm³/mol. The Kier molecular flexibility index (Phi) is 8.36. The standard InChI is InChI=1S/C13H22N2O3S/c1-3-17-9-5-7-14-8-6-12-15-11(10-19-12)13(16)18-4-2/h10,14H,3-9H2,1-2H3. The summed E-state index contributed by atoms with van der Waals surface area (Å²) in [5.41, 5.74) is 0.415. The fraction of sp³-hybridized carbons (Fsp3) is 0.692. The summed E-state index contributed by atoms with van der Waals surface area (Å²) in [6.07, 6.45) is 1.85. The lowest BCUT2D eigenvalue weighted by molar-refractivity contribution is 0.0520. The molecule has 0 saturated heterocycles. The van der Waals surface area contributed by atoms with Crippen molar-refractivity contribution in [2.45, 2.75) is 26.7 Å². The Morgan fingerprint density at radius 1 is 1.37 bits per heavy atom. The number of nitrogens with zero attached hydrogens (tertiary/aromatic N) is 1. The van der Waals surface area contributed by atoms with Gasteiger partial charge in [0.2, 0.25) is 0 Å². The molecule has 0 amide bonds. The van der Waals surface area contributed by atoms with Crippen LogP contribution in [0.15, 0.2) is 5.38 Å². The third-order valence-corrected chi connectivity index (χ3v) is 3.31. The number of carbonyl (C=O) groups is 1. The van der Waals surface area contributed by atoms with Gasteiger partial charge in [0, 0.05) is 31.6 Å². The molecule has 6 heteroatoms. The fourth-order valence-corrected chi connectivity index (χ4v) is 2.26. The molecule has 1 N–H and O–H groups in total. The molecule has 0 spiro atoms. The second kappa shape index (κ2) is 9.89. The average molecular weight is 286 g/mol. The quantitative estimate of drug-likeness (QED) is 0.525. The van der Waals surface area contributed by atoms with Crippen LogP contribution in [0.4, 0.5) is 0 Å². The van der Waals surface area contributed by atoms with Gasteiger partial charge >= 0.3 is 5.97 Å². The molecule has 19 heavy (non-hydrogen) atoms. The van der Waals surface area contributed by atoms with Crippen LogP contribution in [0.5, 0.6) is 0 Å². The number of hydrogen-bond donors (Lipinski definition) is 1. The fourth-order valence-electron chi connectivity index (χ4n) is 1.49. The van der Waals surface area contributed by atoms with Crippen LogP contribution in [0.3, 0.4) is 0 Å². The largest absolute Gasteiger partial charge is 0.461 e. The molecule has 0 aromatic carbocycles. The minimum atomic E-state index is -0.338. The van der Waals surface area contributed by atoms with E-state index in [1.165, 1.54) is 11.3 Å². The molecule has 1 rings (SSSR count). The topological polar surface area (TPSA) is 60.5 Å². The second-order valence-electron chi connectivity index (χ2n) is 3.90. The van der Waals surface area contributed by atoms with Gasteiger partial charge < -0.3 is 14.8 Å². The van der Waals surface area contributed by atoms with Crippen LogP contribution in [0, 0.1) is 0 Å². The highest BCUT2D eigenvalue weighted by Gasteiger charge is 2.10. The average Bonchev–Trinajstić information content (AvgIpc) is 2.87. The van der Waals surface area contributed by atoms with Crippen molar-refractivity contribution in [3.05, 3.63) is 16.1 Å². The van der Waals surface area contributed by atoms with Gasteiger partial charge in [-0.05, 0) is 26.8 Å². The van der Waals surface area contributed by atoms with E-state index in [9.17, 15) is 4.79 Å². The van der Waals surface area contributed by atoms with Crippen LogP contribution < -0.4 is 5.32 Å². The van der Waals surface area contributed by atoms with Crippen LogP contribution in [0.1, 0.15) is 35.8 Å². The van der Waals surface area contributed by atoms with Crippen molar-refractivity contribution in [3.63, 3.8) is 0 Å². The van der Waals surface area contributed by atoms with E-state index in [2.05, 4.69) is 10.3 Å². The summed E-state index contributed by atoms with van der Waals surface area (Å²) in [5.74, 6) is -0.338. The Hall–Kier alpha value is -0.980. The van der Waals surface area contributed by atoms with E-state index in [0.29, 0.717) is 12.3 Å². The van der Waals surface area contributed by atoms with Gasteiger partial charge in [0.15, 0.2) is 5.69 Å². The molecule has 0 aliphatic carbocycles. The molecule has 5 nitrogen and oxygen atoms in total. The van der Waals surface area contributed by atoms with Crippen molar-refractivity contribution in [1.82, 2.24) is 10.3 Å². The molecule has 0 atom stereocenters. The molecule has 0 radical (unpaired) electrons. The summed E-state index contributed by atoms with van der Waals surface area (Å²) in [6, 6.07) is 0. The zero-order chi connectivity index (χ0) is 13.9. The van der Waals surface area contributed by atoms with E-state index in [1.54, 1.807) is 12.3 Å². The van der Waals surface area contributed by atoms with Gasteiger partial charge in [0.25, 0.3) is 0 Å². The maximum atomic E-state index is 11.4. The first-order valence-electron chi connectivity index (χ1n) is 6.67. The molecule has 0 fully saturated rings. The molecule has 1 aromatic rings. The molecular formula is C13H22N2O3S. The van der Waals surface area contributed by atoms with Gasteiger partial charge in [0.05, 0.1) is 11.6 Å². The minimum absolute atomic E-state index is 0.338. The van der Waals surface area contributed by atoms with Crippen molar-refractivity contribution < 1.29 is 14.3 Å². The number of carbonyl (C=O) groups excluding carboxylic acids is 1. The number of rotatable bonds is 10. The van der Waals surface area contributed by atoms with Gasteiger partial charge in [-0.2, -0.15) is 0 Å². The van der Waals surface area contributed by atoms with Crippen LogP contribution >= 0.6 is 11.3 Å². The molecule has 0 aliphatic heterocycles. The van der Waals surface area contributed by atoms with Gasteiger partial charge in [-0.3, -0.25) is 0 Å². The SMILES string of the molecule is CCOCCCNCCc1nc(C(=O)OCC)cs1. The first-order valence-corrected chi connectivity index (χ1v) is 7.55. The number of nitrogens with one attached hydrogen (secondary N) is 1. The zero-order valence-electron chi connectivity index (χ0n) is 11.6. The van der Waals surface area contributed by atoms with Gasteiger partial charge in [0.1, 0.15) is 0 Å². The molecule has 0 unspecified atom stereocenters. The minimum Gasteiger partial charge on any atom is -0.461 e. The first-order chi connectivity index (χ1) is 9.27. The molecule has 0 saturated carbocycles. The Morgan fingerprint density at radius 2 is 2.21 bits per heavy atom. The summed E-state index contributed by atoms with van der Waals surface area (Å²) in [7, 11) is 0. The smallest absolute Gasteiger partial charge is 0.357 e. The molecule has 0 aliphatic rings. The highest BCUT2D eigenvalue weighted by atomic mass is 32.1. The lowest BCUT2D eigenvalue weighted by Gasteiger charge is -2.03. The van der Waals surface area contributed by atoms with Gasteiger partial charge in [-0.25, -0.2) is 9.78 Å². The van der Waals surface area contributed by atoms with Crippen LogP contribution in [0.2, 0.25) is 0 Å². The van der Waals surface area contributed by atoms with E-state index in [0.717, 1.165) is 44.2 Å². The number of esters is 1. The van der Waals surface area contributed by atoms with Crippen molar-refractivity contribution in [3.8, 4) is 0 Å². The van der Waals surface area contributed by atoms with E-state index >= 15 is 0 Å². The zero-order valence-corrected chi connectivity index (χ0v) is 12.4. The van der Waals surface area contributed by atoms with Crippen LogP contribution in [-0.4, -0.2) is 43.9 Å². The maximum Gasteiger partial charge on any atom is 0.357 e. The van der Waals surface area contributed by atoms with Gasteiger partial charge in [-0.15, -0.1) is 11.3 Å². The van der Waals surface area contributed by atoms with E-state index < -0.39 is 0 Å². The summed E-state index contributed by atoms with van der Waals surface area (Å²) in [4.78, 5) is 15.7. The molecule has 108 valence electrons. The number of hydrogen-bond acceptors (Lipinski definition) is 6. The summed E-state index contributed by atoms with van der Waals surface area (Å²) in [6.45, 7) is 7.54. The Labute approximate surface area is 118 Å². The van der Waals surface area contributed by atoms with E-state index in [4.69, 9.17) is 9.47 Å². The molecule has 0 bridgehead atoms. The van der Waals surface area contributed by atoms with Gasteiger partial charge in [-0.1, -0.05) is 0 Å². The highest BCUT2D eigenvalue weighted by Crippen LogP contribution is 2.11. The Bertz CT molecular complexity index is 369. The number of ether oxygens (including phenoxy) is 2. The van der Waals surface area contributed by atoms with Crippen LogP contribution in [0.25, 0.3) is 0 Å². The lowest BCUT2D eigenvalue weighted by Crippen LogP contribution is -2.19. The third-order valence-electron chi connectivity index (χ3n) is 2.40. The lowest BCUT2D eigenvalue weighted by atomic mass is 10.4. The number of thiazole rings is 1. The Morgan fingerprint density at radius 3 is 2.95 bits per heavy atom. The van der Waals surface area contributed by atoms with Crippen LogP contribution in [-0.2, 0) is 15.9 Å². The first kappa shape index (κ1) is 16.1. The van der Waals surface area contributed by atoms with Crippen molar-refractivity contribution in [2.24, 2.45) is 0 Å². The molecule has 1 heterocycles. The van der Waals surface area contributed by atoms with Crippen molar-refractivity contribution >= 4 is 17.3 Å². The second-order valence-corrected chi connectivity index (χ2v) is 4.84. The highest BCUT2D eigenvalue weighted by molar-refractivity contribution is 7.09. The van der Waals surface area contributed by atoms with E-state index in [1.807, 2.05) is 6.92 Å². The van der Waals surface area contributed by atoms with Crippen molar-refractivity contribution in [2.75, 3.05) is 32.9 Å². The summed E-state index contributed by atoms with van der Waals surface area (Å²) in [5, 5.41) is 6.04. The monoisotopic (exact) mass is 286 g/mol. The predicted octanol–water partition coefficient (Wildman–Crippen LogP) is 1.88.